The Morgan fingerprint density at radius 1 is 1.50 bits per heavy atom. The third-order valence-electron chi connectivity index (χ3n) is 2.23. The number of nitrogens with zero attached hydrogens (tertiary/aromatic N) is 4. The van der Waals surface area contributed by atoms with Gasteiger partial charge in [0.25, 0.3) is 0 Å². The van der Waals surface area contributed by atoms with Crippen molar-refractivity contribution in [1.82, 2.24) is 25.5 Å². The van der Waals surface area contributed by atoms with E-state index in [0.717, 1.165) is 5.76 Å². The van der Waals surface area contributed by atoms with Gasteiger partial charge in [-0.15, -0.1) is 5.10 Å². The van der Waals surface area contributed by atoms with Crippen LogP contribution in [0.4, 0.5) is 0 Å². The highest BCUT2D eigenvalue weighted by Crippen LogP contribution is 2.15. The lowest BCUT2D eigenvalue weighted by molar-refractivity contribution is -0.119. The van der Waals surface area contributed by atoms with Gasteiger partial charge in [-0.1, -0.05) is 11.8 Å². The van der Waals surface area contributed by atoms with Crippen molar-refractivity contribution in [1.29, 1.82) is 0 Å². The monoisotopic (exact) mass is 295 g/mol. The van der Waals surface area contributed by atoms with Crippen molar-refractivity contribution in [2.24, 2.45) is 0 Å². The zero-order chi connectivity index (χ0) is 14.6. The van der Waals surface area contributed by atoms with Crippen molar-refractivity contribution < 1.29 is 9.21 Å². The van der Waals surface area contributed by atoms with Gasteiger partial charge in [0.05, 0.1) is 12.0 Å². The van der Waals surface area contributed by atoms with Crippen molar-refractivity contribution in [3.8, 4) is 0 Å². The molecule has 2 heterocycles. The van der Waals surface area contributed by atoms with Crippen molar-refractivity contribution in [2.75, 3.05) is 5.75 Å². The minimum absolute atomic E-state index is 0.0463. The smallest absolute Gasteiger partial charge is 0.230 e. The lowest BCUT2D eigenvalue weighted by Crippen LogP contribution is -2.41. The van der Waals surface area contributed by atoms with E-state index in [2.05, 4.69) is 20.8 Å². The topological polar surface area (TPSA) is 85.8 Å². The first-order valence-corrected chi connectivity index (χ1v) is 7.15. The molecule has 0 aromatic carbocycles. The molecule has 1 N–H and O–H groups in total. The van der Waals surface area contributed by atoms with Crippen LogP contribution in [0.25, 0.3) is 0 Å². The van der Waals surface area contributed by atoms with Gasteiger partial charge in [-0.05, 0) is 43.3 Å². The summed E-state index contributed by atoms with van der Waals surface area (Å²) in [6, 6.07) is 3.66. The Labute approximate surface area is 121 Å². The molecule has 0 unspecified atom stereocenters. The van der Waals surface area contributed by atoms with Crippen molar-refractivity contribution >= 4 is 17.7 Å². The fraction of sp³-hybridized carbons (Fsp3) is 0.500. The van der Waals surface area contributed by atoms with Crippen LogP contribution in [0.1, 0.15) is 26.5 Å². The lowest BCUT2D eigenvalue weighted by atomic mass is 10.1. The summed E-state index contributed by atoms with van der Waals surface area (Å²) in [5, 5.41) is 14.9. The number of hydrogen-bond acceptors (Lipinski definition) is 6. The van der Waals surface area contributed by atoms with Gasteiger partial charge in [0.15, 0.2) is 0 Å². The molecule has 1 amide bonds. The third kappa shape index (κ3) is 4.37. The average Bonchev–Trinajstić information content (AvgIpc) is 2.96. The largest absolute Gasteiger partial charge is 0.467 e. The Balaban J connectivity index is 1.91. The van der Waals surface area contributed by atoms with Gasteiger partial charge in [-0.25, -0.2) is 4.68 Å². The molecule has 0 aliphatic heterocycles. The fourth-order valence-electron chi connectivity index (χ4n) is 1.53. The van der Waals surface area contributed by atoms with Crippen LogP contribution in [0.15, 0.2) is 28.0 Å². The molecule has 2 rings (SSSR count). The van der Waals surface area contributed by atoms with Crippen LogP contribution in [-0.4, -0.2) is 37.4 Å². The average molecular weight is 295 g/mol. The van der Waals surface area contributed by atoms with E-state index in [4.69, 9.17) is 4.42 Å². The number of nitrogens with one attached hydrogen (secondary N) is 1. The van der Waals surface area contributed by atoms with Crippen molar-refractivity contribution in [3.63, 3.8) is 0 Å². The van der Waals surface area contributed by atoms with Gasteiger partial charge < -0.3 is 9.73 Å². The Bertz CT molecular complexity index is 559. The highest BCUT2D eigenvalue weighted by molar-refractivity contribution is 7.99. The second-order valence-corrected chi connectivity index (χ2v) is 6.23. The molecule has 2 aromatic heterocycles. The van der Waals surface area contributed by atoms with E-state index in [-0.39, 0.29) is 17.2 Å². The Morgan fingerprint density at radius 2 is 2.30 bits per heavy atom. The second-order valence-electron chi connectivity index (χ2n) is 5.29. The summed E-state index contributed by atoms with van der Waals surface area (Å²) in [7, 11) is 0. The number of carbonyl (C=O) groups is 1. The number of rotatable bonds is 5. The SMILES string of the molecule is CC(C)(C)NC(=O)CSc1nnnn1Cc1ccco1. The molecule has 0 fully saturated rings. The van der Waals surface area contributed by atoms with Crippen LogP contribution >= 0.6 is 11.8 Å². The molecule has 7 nitrogen and oxygen atoms in total. The minimum atomic E-state index is -0.238. The second kappa shape index (κ2) is 6.08. The molecule has 8 heteroatoms. The molecule has 0 spiro atoms. The first-order valence-electron chi connectivity index (χ1n) is 6.16. The predicted octanol–water partition coefficient (Wildman–Crippen LogP) is 1.32. The summed E-state index contributed by atoms with van der Waals surface area (Å²) in [6.07, 6.45) is 1.60. The summed E-state index contributed by atoms with van der Waals surface area (Å²) in [5.41, 5.74) is -0.238. The summed E-state index contributed by atoms with van der Waals surface area (Å²) >= 11 is 1.30. The summed E-state index contributed by atoms with van der Waals surface area (Å²) in [4.78, 5) is 11.8. The summed E-state index contributed by atoms with van der Waals surface area (Å²) in [5.74, 6) is 0.990. The number of thioether (sulfide) groups is 1. The van der Waals surface area contributed by atoms with Crippen LogP contribution in [0, 0.1) is 0 Å². The Kier molecular flexibility index (Phi) is 4.43. The highest BCUT2D eigenvalue weighted by Gasteiger charge is 2.16. The number of amides is 1. The maximum Gasteiger partial charge on any atom is 0.230 e. The van der Waals surface area contributed by atoms with Crippen LogP contribution in [0.2, 0.25) is 0 Å². The van der Waals surface area contributed by atoms with Crippen LogP contribution in [0.5, 0.6) is 0 Å². The summed E-state index contributed by atoms with van der Waals surface area (Å²) in [6.45, 7) is 6.27. The zero-order valence-corrected chi connectivity index (χ0v) is 12.5. The normalized spacial score (nSPS) is 11.6. The maximum absolute atomic E-state index is 11.8. The molecule has 0 bridgehead atoms. The number of furan rings is 1. The lowest BCUT2D eigenvalue weighted by Gasteiger charge is -2.20. The molecule has 0 saturated carbocycles. The molecule has 108 valence electrons. The zero-order valence-electron chi connectivity index (χ0n) is 11.7. The minimum Gasteiger partial charge on any atom is -0.467 e. The molecular weight excluding hydrogens is 278 g/mol. The number of carbonyl (C=O) groups excluding carboxylic acids is 1. The number of hydrogen-bond donors (Lipinski definition) is 1. The molecule has 0 radical (unpaired) electrons. The van der Waals surface area contributed by atoms with Crippen molar-refractivity contribution in [3.05, 3.63) is 24.2 Å². The van der Waals surface area contributed by atoms with Gasteiger partial charge in [0.1, 0.15) is 12.3 Å². The quantitative estimate of drug-likeness (QED) is 0.837. The third-order valence-corrected chi connectivity index (χ3v) is 3.19. The van der Waals surface area contributed by atoms with Crippen LogP contribution < -0.4 is 5.32 Å². The first kappa shape index (κ1) is 14.6. The van der Waals surface area contributed by atoms with E-state index in [9.17, 15) is 4.79 Å². The Hall–Kier alpha value is -1.83. The molecule has 0 aliphatic rings. The first-order chi connectivity index (χ1) is 9.44. The molecular formula is C12H17N5O2S. The van der Waals surface area contributed by atoms with E-state index in [1.807, 2.05) is 32.9 Å². The van der Waals surface area contributed by atoms with Gasteiger partial charge in [-0.3, -0.25) is 4.79 Å². The van der Waals surface area contributed by atoms with Gasteiger partial charge in [-0.2, -0.15) is 0 Å². The van der Waals surface area contributed by atoms with Crippen LogP contribution in [-0.2, 0) is 11.3 Å². The standard InChI is InChI=1S/C12H17N5O2S/c1-12(2,3)13-10(18)8-20-11-14-15-16-17(11)7-9-5-4-6-19-9/h4-6H,7-8H2,1-3H3,(H,13,18). The van der Waals surface area contributed by atoms with E-state index in [1.54, 1.807) is 10.9 Å². The molecule has 0 aliphatic carbocycles. The van der Waals surface area contributed by atoms with Crippen molar-refractivity contribution in [2.45, 2.75) is 38.0 Å². The number of aromatic nitrogens is 4. The summed E-state index contributed by atoms with van der Waals surface area (Å²) < 4.78 is 6.85. The van der Waals surface area contributed by atoms with E-state index in [0.29, 0.717) is 11.7 Å². The van der Waals surface area contributed by atoms with Gasteiger partial charge in [0.2, 0.25) is 11.1 Å². The van der Waals surface area contributed by atoms with Gasteiger partial charge >= 0.3 is 0 Å². The highest BCUT2D eigenvalue weighted by atomic mass is 32.2. The molecule has 20 heavy (non-hydrogen) atoms. The van der Waals surface area contributed by atoms with E-state index >= 15 is 0 Å². The molecule has 0 saturated heterocycles. The van der Waals surface area contributed by atoms with E-state index < -0.39 is 0 Å². The van der Waals surface area contributed by atoms with Crippen LogP contribution in [0.3, 0.4) is 0 Å². The van der Waals surface area contributed by atoms with Gasteiger partial charge in [0, 0.05) is 5.54 Å². The number of tetrazole rings is 1. The molecule has 0 atom stereocenters. The maximum atomic E-state index is 11.8. The Morgan fingerprint density at radius 3 is 2.95 bits per heavy atom. The predicted molar refractivity (Wildman–Crippen MR) is 74.2 cm³/mol. The fourth-order valence-corrected chi connectivity index (χ4v) is 2.21. The van der Waals surface area contributed by atoms with E-state index in [1.165, 1.54) is 11.8 Å². The molecule has 2 aromatic rings.